The smallest absolute Gasteiger partial charge is 0.239 e. The van der Waals surface area contributed by atoms with E-state index in [0.717, 1.165) is 38.9 Å². The predicted molar refractivity (Wildman–Crippen MR) is 84.1 cm³/mol. The van der Waals surface area contributed by atoms with E-state index in [9.17, 15) is 9.59 Å². The summed E-state index contributed by atoms with van der Waals surface area (Å²) in [5, 5.41) is 6.17. The molecule has 0 aromatic rings. The lowest BCUT2D eigenvalue weighted by Crippen LogP contribution is -2.50. The van der Waals surface area contributed by atoms with Crippen LogP contribution in [0, 0.1) is 0 Å². The van der Waals surface area contributed by atoms with Crippen molar-refractivity contribution in [2.45, 2.75) is 39.2 Å². The second-order valence-corrected chi connectivity index (χ2v) is 5.66. The summed E-state index contributed by atoms with van der Waals surface area (Å²) in [6, 6.07) is 0.426. The third kappa shape index (κ3) is 6.44. The van der Waals surface area contributed by atoms with Gasteiger partial charge in [0.1, 0.15) is 0 Å². The Labute approximate surface area is 128 Å². The van der Waals surface area contributed by atoms with Crippen molar-refractivity contribution in [1.29, 1.82) is 0 Å². The molecule has 1 fully saturated rings. The van der Waals surface area contributed by atoms with E-state index in [2.05, 4.69) is 22.5 Å². The molecule has 122 valence electrons. The monoisotopic (exact) mass is 298 g/mol. The van der Waals surface area contributed by atoms with Crippen LogP contribution in [0.1, 0.15) is 33.1 Å². The molecule has 0 aliphatic carbocycles. The molecule has 0 radical (unpaired) electrons. The summed E-state index contributed by atoms with van der Waals surface area (Å²) in [5.41, 5.74) is 0. The van der Waals surface area contributed by atoms with Crippen molar-refractivity contribution < 1.29 is 9.59 Å². The van der Waals surface area contributed by atoms with E-state index in [1.165, 1.54) is 4.90 Å². The molecule has 1 aliphatic heterocycles. The molecule has 1 saturated heterocycles. The van der Waals surface area contributed by atoms with E-state index in [1.807, 2.05) is 6.92 Å². The largest absolute Gasteiger partial charge is 0.355 e. The van der Waals surface area contributed by atoms with Gasteiger partial charge in [0.25, 0.3) is 0 Å². The highest BCUT2D eigenvalue weighted by Crippen LogP contribution is 2.10. The fourth-order valence-electron chi connectivity index (χ4n) is 2.56. The van der Waals surface area contributed by atoms with Gasteiger partial charge < -0.3 is 15.5 Å². The number of nitrogens with zero attached hydrogens (tertiary/aromatic N) is 2. The molecular formula is C15H30N4O2. The van der Waals surface area contributed by atoms with Gasteiger partial charge in [-0.05, 0) is 32.4 Å². The van der Waals surface area contributed by atoms with Crippen LogP contribution in [-0.2, 0) is 9.59 Å². The summed E-state index contributed by atoms with van der Waals surface area (Å²) in [6.45, 7) is 8.15. The quantitative estimate of drug-likeness (QED) is 0.664. The number of amides is 2. The van der Waals surface area contributed by atoms with Gasteiger partial charge in [-0.25, -0.2) is 0 Å². The fourth-order valence-corrected chi connectivity index (χ4v) is 2.56. The fraction of sp³-hybridized carbons (Fsp3) is 0.867. The van der Waals surface area contributed by atoms with Crippen LogP contribution in [-0.4, -0.2) is 74.0 Å². The number of piperidine rings is 1. The Kier molecular flexibility index (Phi) is 8.30. The van der Waals surface area contributed by atoms with E-state index in [4.69, 9.17) is 0 Å². The van der Waals surface area contributed by atoms with E-state index < -0.39 is 0 Å². The Balaban J connectivity index is 2.39. The van der Waals surface area contributed by atoms with Gasteiger partial charge in [0.05, 0.1) is 13.1 Å². The zero-order valence-electron chi connectivity index (χ0n) is 13.7. The Hall–Kier alpha value is -1.14. The Bertz CT molecular complexity index is 330. The summed E-state index contributed by atoms with van der Waals surface area (Å²) < 4.78 is 0. The van der Waals surface area contributed by atoms with E-state index >= 15 is 0 Å². The molecule has 2 amide bonds. The van der Waals surface area contributed by atoms with Crippen LogP contribution in [0.2, 0.25) is 0 Å². The van der Waals surface area contributed by atoms with Gasteiger partial charge in [0, 0.05) is 26.2 Å². The maximum atomic E-state index is 12.2. The zero-order chi connectivity index (χ0) is 15.7. The summed E-state index contributed by atoms with van der Waals surface area (Å²) >= 11 is 0. The number of hydrogen-bond acceptors (Lipinski definition) is 4. The predicted octanol–water partition coefficient (Wildman–Crippen LogP) is 0.0449. The molecule has 0 spiro atoms. The van der Waals surface area contributed by atoms with Crippen molar-refractivity contribution in [3.05, 3.63) is 0 Å². The molecule has 0 saturated carbocycles. The Morgan fingerprint density at radius 3 is 2.62 bits per heavy atom. The second-order valence-electron chi connectivity index (χ2n) is 5.66. The third-order valence-corrected chi connectivity index (χ3v) is 3.91. The minimum absolute atomic E-state index is 0.00840. The first-order valence-electron chi connectivity index (χ1n) is 8.03. The molecule has 0 aromatic carbocycles. The Morgan fingerprint density at radius 1 is 1.29 bits per heavy atom. The van der Waals surface area contributed by atoms with E-state index in [0.29, 0.717) is 19.1 Å². The minimum Gasteiger partial charge on any atom is -0.355 e. The van der Waals surface area contributed by atoms with Crippen LogP contribution in [0.15, 0.2) is 0 Å². The molecule has 6 nitrogen and oxygen atoms in total. The molecule has 0 aromatic heterocycles. The number of carbonyl (C=O) groups excluding carboxylic acids is 2. The summed E-state index contributed by atoms with van der Waals surface area (Å²) in [7, 11) is 1.70. The molecule has 21 heavy (non-hydrogen) atoms. The standard InChI is InChI=1S/C15H30N4O2/c1-4-8-17-14(20)11-18(3)15(21)12-19(5-2)13-7-6-9-16-10-13/h13,16H,4-12H2,1-3H3,(H,17,20). The highest BCUT2D eigenvalue weighted by atomic mass is 16.2. The van der Waals surface area contributed by atoms with Crippen molar-refractivity contribution in [1.82, 2.24) is 20.4 Å². The van der Waals surface area contributed by atoms with Gasteiger partial charge in [-0.2, -0.15) is 0 Å². The van der Waals surface area contributed by atoms with Gasteiger partial charge in [0.15, 0.2) is 0 Å². The van der Waals surface area contributed by atoms with Gasteiger partial charge in [-0.3, -0.25) is 14.5 Å². The summed E-state index contributed by atoms with van der Waals surface area (Å²) in [5.74, 6) is -0.0795. The number of carbonyl (C=O) groups is 2. The van der Waals surface area contributed by atoms with Crippen LogP contribution in [0.3, 0.4) is 0 Å². The minimum atomic E-state index is -0.0879. The number of nitrogens with one attached hydrogen (secondary N) is 2. The van der Waals surface area contributed by atoms with Crippen molar-refractivity contribution in [2.24, 2.45) is 0 Å². The lowest BCUT2D eigenvalue weighted by Gasteiger charge is -2.34. The molecular weight excluding hydrogens is 268 g/mol. The highest BCUT2D eigenvalue weighted by Gasteiger charge is 2.23. The molecule has 1 unspecified atom stereocenters. The first kappa shape index (κ1) is 17.9. The van der Waals surface area contributed by atoms with Crippen molar-refractivity contribution in [2.75, 3.05) is 46.3 Å². The van der Waals surface area contributed by atoms with Gasteiger partial charge in [0.2, 0.25) is 11.8 Å². The van der Waals surface area contributed by atoms with Crippen molar-refractivity contribution >= 4 is 11.8 Å². The lowest BCUT2D eigenvalue weighted by atomic mass is 10.1. The first-order valence-corrected chi connectivity index (χ1v) is 8.03. The third-order valence-electron chi connectivity index (χ3n) is 3.91. The first-order chi connectivity index (χ1) is 10.1. The van der Waals surface area contributed by atoms with Crippen LogP contribution in [0.25, 0.3) is 0 Å². The second kappa shape index (κ2) is 9.73. The molecule has 1 atom stereocenters. The SMILES string of the molecule is CCCNC(=O)CN(C)C(=O)CN(CC)C1CCCNC1. The summed E-state index contributed by atoms with van der Waals surface area (Å²) in [6.07, 6.45) is 3.20. The van der Waals surface area contributed by atoms with Gasteiger partial charge in [-0.15, -0.1) is 0 Å². The highest BCUT2D eigenvalue weighted by molar-refractivity contribution is 5.85. The Morgan fingerprint density at radius 2 is 2.05 bits per heavy atom. The molecule has 1 rings (SSSR count). The van der Waals surface area contributed by atoms with Crippen LogP contribution in [0.5, 0.6) is 0 Å². The number of likely N-dealkylation sites (N-methyl/N-ethyl adjacent to an activating group) is 2. The maximum Gasteiger partial charge on any atom is 0.239 e. The summed E-state index contributed by atoms with van der Waals surface area (Å²) in [4.78, 5) is 27.6. The number of rotatable bonds is 8. The van der Waals surface area contributed by atoms with Gasteiger partial charge in [-0.1, -0.05) is 13.8 Å². The lowest BCUT2D eigenvalue weighted by molar-refractivity contribution is -0.136. The van der Waals surface area contributed by atoms with Crippen molar-refractivity contribution in [3.63, 3.8) is 0 Å². The molecule has 1 heterocycles. The number of hydrogen-bond donors (Lipinski definition) is 2. The van der Waals surface area contributed by atoms with E-state index in [-0.39, 0.29) is 18.4 Å². The zero-order valence-corrected chi connectivity index (χ0v) is 13.7. The molecule has 0 bridgehead atoms. The average molecular weight is 298 g/mol. The topological polar surface area (TPSA) is 64.7 Å². The van der Waals surface area contributed by atoms with E-state index in [1.54, 1.807) is 7.05 Å². The molecule has 6 heteroatoms. The molecule has 2 N–H and O–H groups in total. The normalized spacial score (nSPS) is 18.6. The van der Waals surface area contributed by atoms with Crippen LogP contribution < -0.4 is 10.6 Å². The maximum absolute atomic E-state index is 12.2. The van der Waals surface area contributed by atoms with Crippen molar-refractivity contribution in [3.8, 4) is 0 Å². The molecule has 1 aliphatic rings. The average Bonchev–Trinajstić information content (AvgIpc) is 2.51. The van der Waals surface area contributed by atoms with Gasteiger partial charge >= 0.3 is 0 Å². The van der Waals surface area contributed by atoms with Crippen LogP contribution >= 0.6 is 0 Å². The van der Waals surface area contributed by atoms with Crippen LogP contribution in [0.4, 0.5) is 0 Å².